The van der Waals surface area contributed by atoms with Crippen molar-refractivity contribution in [3.05, 3.63) is 36.8 Å². The average Bonchev–Trinajstić information content (AvgIpc) is 3.09. The number of benzene rings is 1. The van der Waals surface area contributed by atoms with Crippen molar-refractivity contribution in [1.82, 2.24) is 24.6 Å². The molecule has 0 bridgehead atoms. The summed E-state index contributed by atoms with van der Waals surface area (Å²) in [6.45, 7) is 2.11. The standard InChI is InChI=1S/C20H24N6O/c1-25-7-5-14(6-8-25)9-19(27)24-20-21-11-16-4-3-15(10-18(16)23-20)17-12-22-26(2)13-17/h3-4,10-14H,5-9H2,1-2H3,(H,21,23,24,27). The molecule has 7 heteroatoms. The number of carbonyl (C=O) groups is 1. The van der Waals surface area contributed by atoms with Crippen molar-refractivity contribution in [3.8, 4) is 11.1 Å². The minimum atomic E-state index is -0.00711. The van der Waals surface area contributed by atoms with E-state index in [9.17, 15) is 4.79 Å². The minimum Gasteiger partial charge on any atom is -0.306 e. The molecule has 0 radical (unpaired) electrons. The van der Waals surface area contributed by atoms with Crippen LogP contribution in [0.15, 0.2) is 36.8 Å². The van der Waals surface area contributed by atoms with Gasteiger partial charge in [-0.3, -0.25) is 14.8 Å². The van der Waals surface area contributed by atoms with Crippen LogP contribution in [0.5, 0.6) is 0 Å². The number of anilines is 1. The van der Waals surface area contributed by atoms with Crippen molar-refractivity contribution >= 4 is 22.8 Å². The second-order valence-electron chi connectivity index (χ2n) is 7.37. The van der Waals surface area contributed by atoms with Gasteiger partial charge in [0.2, 0.25) is 11.9 Å². The summed E-state index contributed by atoms with van der Waals surface area (Å²) in [5.74, 6) is 0.801. The van der Waals surface area contributed by atoms with E-state index in [4.69, 9.17) is 0 Å². The summed E-state index contributed by atoms with van der Waals surface area (Å²) < 4.78 is 1.77. The van der Waals surface area contributed by atoms with E-state index in [1.54, 1.807) is 10.9 Å². The van der Waals surface area contributed by atoms with Gasteiger partial charge in [0.05, 0.1) is 11.7 Å². The van der Waals surface area contributed by atoms with Gasteiger partial charge in [0.15, 0.2) is 0 Å². The summed E-state index contributed by atoms with van der Waals surface area (Å²) in [6.07, 6.45) is 8.21. The van der Waals surface area contributed by atoms with E-state index in [2.05, 4.69) is 32.3 Å². The summed E-state index contributed by atoms with van der Waals surface area (Å²) in [6, 6.07) is 6.02. The molecule has 7 nitrogen and oxygen atoms in total. The maximum Gasteiger partial charge on any atom is 0.229 e. The van der Waals surface area contributed by atoms with Crippen molar-refractivity contribution in [1.29, 1.82) is 0 Å². The van der Waals surface area contributed by atoms with Crippen molar-refractivity contribution < 1.29 is 4.79 Å². The molecule has 1 amide bonds. The number of carbonyl (C=O) groups excluding carboxylic acids is 1. The Morgan fingerprint density at radius 1 is 1.19 bits per heavy atom. The molecule has 27 heavy (non-hydrogen) atoms. The largest absolute Gasteiger partial charge is 0.306 e. The highest BCUT2D eigenvalue weighted by atomic mass is 16.1. The molecule has 1 saturated heterocycles. The lowest BCUT2D eigenvalue weighted by Gasteiger charge is -2.28. The van der Waals surface area contributed by atoms with Gasteiger partial charge < -0.3 is 4.90 Å². The Morgan fingerprint density at radius 2 is 2.00 bits per heavy atom. The Labute approximate surface area is 158 Å². The zero-order valence-electron chi connectivity index (χ0n) is 15.7. The van der Waals surface area contributed by atoms with Gasteiger partial charge in [-0.1, -0.05) is 12.1 Å². The number of piperidine rings is 1. The highest BCUT2D eigenvalue weighted by molar-refractivity contribution is 5.91. The van der Waals surface area contributed by atoms with Crippen LogP contribution in [0.2, 0.25) is 0 Å². The van der Waals surface area contributed by atoms with Crippen molar-refractivity contribution in [2.45, 2.75) is 19.3 Å². The molecule has 3 heterocycles. The third-order valence-corrected chi connectivity index (χ3v) is 5.18. The number of amides is 1. The van der Waals surface area contributed by atoms with Gasteiger partial charge in [0.25, 0.3) is 0 Å². The monoisotopic (exact) mass is 364 g/mol. The molecule has 1 aliphatic rings. The highest BCUT2D eigenvalue weighted by Crippen LogP contribution is 2.24. The van der Waals surface area contributed by atoms with E-state index in [0.29, 0.717) is 18.3 Å². The van der Waals surface area contributed by atoms with E-state index >= 15 is 0 Å². The molecule has 1 fully saturated rings. The molecule has 1 aromatic carbocycles. The molecule has 0 saturated carbocycles. The Hall–Kier alpha value is -2.80. The molecule has 0 spiro atoms. The Kier molecular flexibility index (Phi) is 4.85. The van der Waals surface area contributed by atoms with Gasteiger partial charge in [-0.15, -0.1) is 0 Å². The number of rotatable bonds is 4. The van der Waals surface area contributed by atoms with Crippen LogP contribution in [0.1, 0.15) is 19.3 Å². The fourth-order valence-corrected chi connectivity index (χ4v) is 3.54. The third kappa shape index (κ3) is 4.14. The predicted molar refractivity (Wildman–Crippen MR) is 105 cm³/mol. The van der Waals surface area contributed by atoms with E-state index in [1.165, 1.54) is 0 Å². The van der Waals surface area contributed by atoms with Gasteiger partial charge in [0, 0.05) is 36.8 Å². The second kappa shape index (κ2) is 7.44. The first-order valence-corrected chi connectivity index (χ1v) is 9.31. The third-order valence-electron chi connectivity index (χ3n) is 5.18. The van der Waals surface area contributed by atoms with Gasteiger partial charge >= 0.3 is 0 Å². The van der Waals surface area contributed by atoms with E-state index in [-0.39, 0.29) is 5.91 Å². The van der Waals surface area contributed by atoms with Crippen molar-refractivity contribution in [3.63, 3.8) is 0 Å². The van der Waals surface area contributed by atoms with Crippen LogP contribution in [0, 0.1) is 5.92 Å². The van der Waals surface area contributed by atoms with Gasteiger partial charge in [-0.05, 0) is 50.5 Å². The molecule has 140 valence electrons. The first kappa shape index (κ1) is 17.6. The average molecular weight is 364 g/mol. The highest BCUT2D eigenvalue weighted by Gasteiger charge is 2.20. The lowest BCUT2D eigenvalue weighted by Crippen LogP contribution is -2.32. The van der Waals surface area contributed by atoms with Crippen LogP contribution < -0.4 is 5.32 Å². The maximum absolute atomic E-state index is 12.4. The summed E-state index contributed by atoms with van der Waals surface area (Å²) in [4.78, 5) is 23.5. The zero-order valence-corrected chi connectivity index (χ0v) is 15.7. The quantitative estimate of drug-likeness (QED) is 0.770. The fourth-order valence-electron chi connectivity index (χ4n) is 3.54. The second-order valence-corrected chi connectivity index (χ2v) is 7.37. The fraction of sp³-hybridized carbons (Fsp3) is 0.400. The van der Waals surface area contributed by atoms with E-state index in [1.807, 2.05) is 37.6 Å². The summed E-state index contributed by atoms with van der Waals surface area (Å²) in [5, 5.41) is 8.02. The van der Waals surface area contributed by atoms with E-state index < -0.39 is 0 Å². The summed E-state index contributed by atoms with van der Waals surface area (Å²) in [7, 11) is 4.02. The molecule has 0 aliphatic carbocycles. The molecular weight excluding hydrogens is 340 g/mol. The Balaban J connectivity index is 1.48. The molecule has 0 unspecified atom stereocenters. The summed E-state index contributed by atoms with van der Waals surface area (Å²) in [5.41, 5.74) is 2.88. The van der Waals surface area contributed by atoms with E-state index in [0.717, 1.165) is 48.0 Å². The number of nitrogens with one attached hydrogen (secondary N) is 1. The number of aryl methyl sites for hydroxylation is 1. The lowest BCUT2D eigenvalue weighted by molar-refractivity contribution is -0.117. The van der Waals surface area contributed by atoms with Crippen LogP contribution in [-0.4, -0.2) is 50.7 Å². The zero-order chi connectivity index (χ0) is 18.8. The molecule has 1 N–H and O–H groups in total. The van der Waals surface area contributed by atoms with Crippen LogP contribution in [0.4, 0.5) is 5.95 Å². The molecule has 4 rings (SSSR count). The van der Waals surface area contributed by atoms with Crippen LogP contribution in [0.25, 0.3) is 22.0 Å². The SMILES string of the molecule is CN1CCC(CC(=O)Nc2ncc3ccc(-c4cnn(C)c4)cc3n2)CC1. The predicted octanol–water partition coefficient (Wildman–Crippen LogP) is 2.70. The normalized spacial score (nSPS) is 15.9. The molecule has 2 aromatic heterocycles. The van der Waals surface area contributed by atoms with Gasteiger partial charge in [-0.25, -0.2) is 9.97 Å². The Bertz CT molecular complexity index is 958. The first-order valence-electron chi connectivity index (χ1n) is 9.31. The van der Waals surface area contributed by atoms with Crippen molar-refractivity contribution in [2.24, 2.45) is 13.0 Å². The number of hydrogen-bond donors (Lipinski definition) is 1. The number of hydrogen-bond acceptors (Lipinski definition) is 5. The Morgan fingerprint density at radius 3 is 2.74 bits per heavy atom. The summed E-state index contributed by atoms with van der Waals surface area (Å²) >= 11 is 0. The minimum absolute atomic E-state index is 0.00711. The number of likely N-dealkylation sites (tertiary alicyclic amines) is 1. The smallest absolute Gasteiger partial charge is 0.229 e. The molecule has 3 aromatic rings. The molecule has 0 atom stereocenters. The number of nitrogens with zero attached hydrogens (tertiary/aromatic N) is 5. The number of fused-ring (bicyclic) bond motifs is 1. The van der Waals surface area contributed by atoms with Gasteiger partial charge in [0.1, 0.15) is 0 Å². The van der Waals surface area contributed by atoms with Crippen LogP contribution in [-0.2, 0) is 11.8 Å². The van der Waals surface area contributed by atoms with Crippen molar-refractivity contribution in [2.75, 3.05) is 25.5 Å². The molecular formula is C20H24N6O. The lowest BCUT2D eigenvalue weighted by atomic mass is 9.93. The molecule has 1 aliphatic heterocycles. The number of aromatic nitrogens is 4. The topological polar surface area (TPSA) is 75.9 Å². The maximum atomic E-state index is 12.4. The first-order chi connectivity index (χ1) is 13.1. The van der Waals surface area contributed by atoms with Crippen LogP contribution >= 0.6 is 0 Å². The van der Waals surface area contributed by atoms with Gasteiger partial charge in [-0.2, -0.15) is 5.10 Å². The van der Waals surface area contributed by atoms with Crippen LogP contribution in [0.3, 0.4) is 0 Å².